The summed E-state index contributed by atoms with van der Waals surface area (Å²) in [5, 5.41) is 1.00. The second-order valence-electron chi connectivity index (χ2n) is 5.23. The molecule has 4 nitrogen and oxygen atoms in total. The maximum absolute atomic E-state index is 12.4. The van der Waals surface area contributed by atoms with Crippen LogP contribution in [0.3, 0.4) is 0 Å². The highest BCUT2D eigenvalue weighted by atomic mass is 79.9. The van der Waals surface area contributed by atoms with Gasteiger partial charge in [-0.25, -0.2) is 9.97 Å². The minimum Gasteiger partial charge on any atom is -0.406 e. The Labute approximate surface area is 162 Å². The van der Waals surface area contributed by atoms with E-state index >= 15 is 0 Å². The minimum atomic E-state index is -4.77. The van der Waals surface area contributed by atoms with Crippen molar-refractivity contribution in [3.05, 3.63) is 43.8 Å². The molecule has 3 rings (SSSR count). The number of rotatable bonds is 2. The van der Waals surface area contributed by atoms with Gasteiger partial charge in [-0.3, -0.25) is 4.57 Å². The van der Waals surface area contributed by atoms with Gasteiger partial charge in [0.2, 0.25) is 0 Å². The number of halogens is 6. The van der Waals surface area contributed by atoms with Gasteiger partial charge in [-0.05, 0) is 63.4 Å². The number of benzene rings is 1. The fourth-order valence-electron chi connectivity index (χ4n) is 2.49. The maximum Gasteiger partial charge on any atom is 0.573 e. The molecule has 0 aliphatic heterocycles. The Kier molecular flexibility index (Phi) is 4.76. The number of nitrogens with zero attached hydrogens (tertiary/aromatic N) is 3. The molecule has 0 fully saturated rings. The quantitative estimate of drug-likeness (QED) is 0.399. The van der Waals surface area contributed by atoms with Crippen molar-refractivity contribution in [1.82, 2.24) is 14.5 Å². The molecule has 0 saturated carbocycles. The Morgan fingerprint density at radius 2 is 1.72 bits per heavy atom. The lowest BCUT2D eigenvalue weighted by Crippen LogP contribution is -2.17. The molecular weight excluding hydrogens is 490 g/mol. The first-order valence-corrected chi connectivity index (χ1v) is 8.80. The summed E-state index contributed by atoms with van der Waals surface area (Å²) in [7, 11) is 0. The lowest BCUT2D eigenvalue weighted by molar-refractivity contribution is -0.274. The fourth-order valence-corrected chi connectivity index (χ4v) is 4.37. The molecule has 2 aromatic heterocycles. The van der Waals surface area contributed by atoms with Gasteiger partial charge in [-0.15, -0.1) is 13.2 Å². The Balaban J connectivity index is 2.22. The Bertz CT molecular complexity index is 965. The van der Waals surface area contributed by atoms with Crippen LogP contribution in [0.15, 0.2) is 27.3 Å². The lowest BCUT2D eigenvalue weighted by Gasteiger charge is -2.14. The monoisotopic (exact) mass is 497 g/mol. The fraction of sp³-hybridized carbons (Fsp3) is 0.200. The topological polar surface area (TPSA) is 39.9 Å². The van der Waals surface area contributed by atoms with E-state index in [1.165, 1.54) is 12.1 Å². The van der Waals surface area contributed by atoms with E-state index in [0.29, 0.717) is 36.6 Å². The summed E-state index contributed by atoms with van der Waals surface area (Å²) in [6.07, 6.45) is -2.98. The van der Waals surface area contributed by atoms with E-state index in [1.807, 2.05) is 6.92 Å². The van der Waals surface area contributed by atoms with Crippen molar-refractivity contribution in [2.75, 3.05) is 0 Å². The predicted molar refractivity (Wildman–Crippen MR) is 95.4 cm³/mol. The Morgan fingerprint density at radius 1 is 1.12 bits per heavy atom. The molecule has 0 atom stereocenters. The summed E-state index contributed by atoms with van der Waals surface area (Å²) in [4.78, 5) is 8.55. The van der Waals surface area contributed by atoms with Crippen molar-refractivity contribution in [1.29, 1.82) is 0 Å². The summed E-state index contributed by atoms with van der Waals surface area (Å²) in [6.45, 7) is 3.56. The van der Waals surface area contributed by atoms with Crippen molar-refractivity contribution in [3.8, 4) is 11.4 Å². The van der Waals surface area contributed by atoms with Crippen LogP contribution in [0.25, 0.3) is 16.7 Å². The van der Waals surface area contributed by atoms with Crippen LogP contribution < -0.4 is 4.74 Å². The summed E-state index contributed by atoms with van der Waals surface area (Å²) in [6, 6.07) is 2.48. The highest BCUT2D eigenvalue weighted by Crippen LogP contribution is 2.38. The van der Waals surface area contributed by atoms with E-state index in [2.05, 4.69) is 46.6 Å². The average molecular weight is 500 g/mol. The largest absolute Gasteiger partial charge is 0.573 e. The second-order valence-corrected chi connectivity index (χ2v) is 7.29. The molecule has 3 aromatic rings. The van der Waals surface area contributed by atoms with Crippen molar-refractivity contribution < 1.29 is 17.9 Å². The van der Waals surface area contributed by atoms with Gasteiger partial charge in [-0.1, -0.05) is 11.6 Å². The number of aromatic nitrogens is 3. The molecule has 0 spiro atoms. The van der Waals surface area contributed by atoms with Crippen LogP contribution in [0.5, 0.6) is 5.75 Å². The van der Waals surface area contributed by atoms with Crippen LogP contribution in [0.4, 0.5) is 13.2 Å². The number of ether oxygens (including phenoxy) is 1. The third-order valence-electron chi connectivity index (χ3n) is 3.37. The molecule has 0 unspecified atom stereocenters. The van der Waals surface area contributed by atoms with Crippen molar-refractivity contribution >= 4 is 54.5 Å². The van der Waals surface area contributed by atoms with Gasteiger partial charge in [0.1, 0.15) is 22.4 Å². The van der Waals surface area contributed by atoms with E-state index in [1.54, 1.807) is 17.7 Å². The second kappa shape index (κ2) is 6.44. The molecule has 2 heterocycles. The van der Waals surface area contributed by atoms with E-state index in [0.717, 1.165) is 5.56 Å². The van der Waals surface area contributed by atoms with E-state index in [9.17, 15) is 13.2 Å². The zero-order valence-electron chi connectivity index (χ0n) is 12.7. The van der Waals surface area contributed by atoms with Gasteiger partial charge in [0.25, 0.3) is 0 Å². The van der Waals surface area contributed by atoms with Crippen molar-refractivity contribution in [3.63, 3.8) is 0 Å². The Morgan fingerprint density at radius 3 is 2.28 bits per heavy atom. The van der Waals surface area contributed by atoms with Crippen molar-refractivity contribution in [2.24, 2.45) is 0 Å². The van der Waals surface area contributed by atoms with E-state index in [4.69, 9.17) is 11.6 Å². The highest BCUT2D eigenvalue weighted by molar-refractivity contribution is 9.11. The summed E-state index contributed by atoms with van der Waals surface area (Å²) >= 11 is 12.8. The molecule has 132 valence electrons. The van der Waals surface area contributed by atoms with E-state index in [-0.39, 0.29) is 5.75 Å². The zero-order valence-corrected chi connectivity index (χ0v) is 16.7. The normalized spacial score (nSPS) is 12.0. The minimum absolute atomic E-state index is 0.322. The van der Waals surface area contributed by atoms with Crippen molar-refractivity contribution in [2.45, 2.75) is 20.2 Å². The van der Waals surface area contributed by atoms with E-state index < -0.39 is 6.36 Å². The van der Waals surface area contributed by atoms with Gasteiger partial charge in [0.05, 0.1) is 11.1 Å². The number of hydrogen-bond donors (Lipinski definition) is 0. The van der Waals surface area contributed by atoms with Crippen LogP contribution in [-0.4, -0.2) is 20.9 Å². The predicted octanol–water partition coefficient (Wildman–Crippen LogP) is 6.11. The lowest BCUT2D eigenvalue weighted by atomic mass is 10.3. The van der Waals surface area contributed by atoms with Crippen LogP contribution in [0, 0.1) is 13.8 Å². The molecule has 25 heavy (non-hydrogen) atoms. The van der Waals surface area contributed by atoms with Crippen LogP contribution in [-0.2, 0) is 0 Å². The first kappa shape index (κ1) is 18.5. The van der Waals surface area contributed by atoms with Gasteiger partial charge < -0.3 is 4.74 Å². The first-order chi connectivity index (χ1) is 11.6. The molecule has 0 saturated heterocycles. The van der Waals surface area contributed by atoms with Gasteiger partial charge in [0, 0.05) is 15.1 Å². The summed E-state index contributed by atoms with van der Waals surface area (Å²) in [5.41, 5.74) is 1.97. The molecule has 10 heteroatoms. The number of alkyl halides is 3. The standard InChI is InChI=1S/C15H9Br2ClF3N3O/c1-6-5-24(14-11(6)13(18)22-7(2)23-14)12-9(16)3-8(4-10(12)17)25-15(19,20)21/h3-5H,1-2H3. The average Bonchev–Trinajstić information content (AvgIpc) is 2.73. The Hall–Kier alpha value is -1.32. The highest BCUT2D eigenvalue weighted by Gasteiger charge is 2.31. The van der Waals surface area contributed by atoms with Crippen LogP contribution in [0.1, 0.15) is 11.4 Å². The van der Waals surface area contributed by atoms with Gasteiger partial charge >= 0.3 is 6.36 Å². The van der Waals surface area contributed by atoms with Crippen LogP contribution in [0.2, 0.25) is 5.15 Å². The van der Waals surface area contributed by atoms with Crippen LogP contribution >= 0.6 is 43.5 Å². The molecule has 0 amide bonds. The zero-order chi connectivity index (χ0) is 18.5. The molecule has 0 N–H and O–H groups in total. The molecule has 0 aliphatic rings. The maximum atomic E-state index is 12.4. The summed E-state index contributed by atoms with van der Waals surface area (Å²) in [5.74, 6) is 0.146. The molecule has 0 radical (unpaired) electrons. The molecule has 1 aromatic carbocycles. The third-order valence-corrected chi connectivity index (χ3v) is 4.85. The SMILES string of the molecule is Cc1nc(Cl)c2c(C)cn(-c3c(Br)cc(OC(F)(F)F)cc3Br)c2n1. The molecule has 0 bridgehead atoms. The number of aryl methyl sites for hydroxylation is 2. The molecule has 0 aliphatic carbocycles. The number of fused-ring (bicyclic) bond motifs is 1. The first-order valence-electron chi connectivity index (χ1n) is 6.84. The number of hydrogen-bond acceptors (Lipinski definition) is 3. The third kappa shape index (κ3) is 3.63. The summed E-state index contributed by atoms with van der Waals surface area (Å²) < 4.78 is 43.8. The van der Waals surface area contributed by atoms with Gasteiger partial charge in [-0.2, -0.15) is 0 Å². The molecular formula is C15H9Br2ClF3N3O. The van der Waals surface area contributed by atoms with Gasteiger partial charge in [0.15, 0.2) is 0 Å². The smallest absolute Gasteiger partial charge is 0.406 e.